The summed E-state index contributed by atoms with van der Waals surface area (Å²) in [4.78, 5) is 13.0. The fraction of sp³-hybridized carbons (Fsp3) is 0.650. The number of fused-ring (bicyclic) bond motifs is 1. The molecule has 25 heavy (non-hydrogen) atoms. The smallest absolute Gasteiger partial charge is 0.317 e. The van der Waals surface area contributed by atoms with Crippen molar-refractivity contribution >= 4 is 5.97 Å². The van der Waals surface area contributed by atoms with Gasteiger partial charge in [-0.1, -0.05) is 34.1 Å². The van der Waals surface area contributed by atoms with Gasteiger partial charge in [-0.15, -0.1) is 0 Å². The third kappa shape index (κ3) is 1.85. The largest absolute Gasteiger partial charge is 0.504 e. The van der Waals surface area contributed by atoms with Crippen LogP contribution in [0.2, 0.25) is 0 Å². The first-order valence-corrected chi connectivity index (χ1v) is 9.11. The first-order valence-electron chi connectivity index (χ1n) is 9.11. The molecule has 1 aromatic rings. The molecule has 1 saturated carbocycles. The second-order valence-corrected chi connectivity index (χ2v) is 8.89. The van der Waals surface area contributed by atoms with Crippen molar-refractivity contribution in [3.63, 3.8) is 0 Å². The molecule has 2 fully saturated rings. The van der Waals surface area contributed by atoms with Crippen LogP contribution in [-0.2, 0) is 14.9 Å². The second-order valence-electron chi connectivity index (χ2n) is 8.89. The summed E-state index contributed by atoms with van der Waals surface area (Å²) in [6.45, 7) is 8.02. The molecule has 0 aromatic heterocycles. The van der Waals surface area contributed by atoms with Crippen LogP contribution in [0.15, 0.2) is 6.07 Å². The summed E-state index contributed by atoms with van der Waals surface area (Å²) in [7, 11) is 0. The van der Waals surface area contributed by atoms with Gasteiger partial charge in [0.1, 0.15) is 17.6 Å². The minimum absolute atomic E-state index is 0.0179. The fourth-order valence-electron chi connectivity index (χ4n) is 5.70. The highest BCUT2D eigenvalue weighted by Gasteiger charge is 2.70. The van der Waals surface area contributed by atoms with Gasteiger partial charge in [-0.25, -0.2) is 0 Å². The number of hydrogen-bond donors (Lipinski definition) is 3. The molecule has 136 valence electrons. The molecule has 2 bridgehead atoms. The Labute approximate surface area is 147 Å². The monoisotopic (exact) mass is 346 g/mol. The molecule has 1 heterocycles. The van der Waals surface area contributed by atoms with E-state index in [9.17, 15) is 20.1 Å². The van der Waals surface area contributed by atoms with Crippen molar-refractivity contribution in [1.29, 1.82) is 0 Å². The zero-order valence-electron chi connectivity index (χ0n) is 15.2. The fourth-order valence-corrected chi connectivity index (χ4v) is 5.70. The second kappa shape index (κ2) is 4.91. The van der Waals surface area contributed by atoms with E-state index in [1.807, 2.05) is 13.8 Å². The molecule has 5 nitrogen and oxygen atoms in total. The van der Waals surface area contributed by atoms with Crippen molar-refractivity contribution < 1.29 is 24.9 Å². The number of rotatable bonds is 1. The summed E-state index contributed by atoms with van der Waals surface area (Å²) in [5, 5.41) is 32.4. The maximum absolute atomic E-state index is 13.0. The number of carbonyl (C=O) groups is 1. The number of aromatic hydroxyl groups is 2. The predicted octanol–water partition coefficient (Wildman–Crippen LogP) is 3.26. The summed E-state index contributed by atoms with van der Waals surface area (Å²) in [6.07, 6.45) is 0.767. The Bertz CT molecular complexity index is 766. The van der Waals surface area contributed by atoms with Crippen LogP contribution in [0.25, 0.3) is 0 Å². The molecule has 2 aliphatic carbocycles. The van der Waals surface area contributed by atoms with Gasteiger partial charge >= 0.3 is 5.97 Å². The molecule has 1 aromatic carbocycles. The first-order chi connectivity index (χ1) is 11.6. The molecule has 1 aliphatic heterocycles. The van der Waals surface area contributed by atoms with Crippen LogP contribution in [0.4, 0.5) is 0 Å². The van der Waals surface area contributed by atoms with E-state index < -0.39 is 17.6 Å². The molecule has 0 radical (unpaired) electrons. The number of esters is 1. The van der Waals surface area contributed by atoms with Gasteiger partial charge in [0, 0.05) is 17.0 Å². The van der Waals surface area contributed by atoms with E-state index in [0.29, 0.717) is 23.1 Å². The lowest BCUT2D eigenvalue weighted by atomic mass is 9.49. The van der Waals surface area contributed by atoms with Gasteiger partial charge in [0.25, 0.3) is 0 Å². The molecular weight excluding hydrogens is 320 g/mol. The van der Waals surface area contributed by atoms with E-state index >= 15 is 0 Å². The van der Waals surface area contributed by atoms with Crippen LogP contribution in [0.5, 0.6) is 11.5 Å². The van der Waals surface area contributed by atoms with Gasteiger partial charge in [0.2, 0.25) is 0 Å². The molecular formula is C20H26O5. The summed E-state index contributed by atoms with van der Waals surface area (Å²) >= 11 is 0. The normalized spacial score (nSPS) is 35.3. The summed E-state index contributed by atoms with van der Waals surface area (Å²) in [5.41, 5.74) is 0.319. The van der Waals surface area contributed by atoms with Crippen LogP contribution in [-0.4, -0.2) is 27.4 Å². The van der Waals surface area contributed by atoms with E-state index in [-0.39, 0.29) is 34.7 Å². The average molecular weight is 346 g/mol. The Balaban J connectivity index is 2.06. The van der Waals surface area contributed by atoms with Crippen LogP contribution >= 0.6 is 0 Å². The Morgan fingerprint density at radius 3 is 2.52 bits per heavy atom. The molecule has 1 saturated heterocycles. The first kappa shape index (κ1) is 16.7. The summed E-state index contributed by atoms with van der Waals surface area (Å²) in [6, 6.07) is 1.74. The standard InChI is InChI=1S/C20H26O5/c1-9(2)10-8-11-12(15(23)13(10)21)20-7-5-6-19(3,4)17(20)16(14(11)22)25-18(20)24/h8-9,14,16-17,21-23H,5-7H2,1-4H3/t14-,16?,17-,20?/m0/s1. The van der Waals surface area contributed by atoms with Crippen molar-refractivity contribution in [3.05, 3.63) is 22.8 Å². The molecule has 3 N–H and O–H groups in total. The minimum atomic E-state index is -0.985. The lowest BCUT2D eigenvalue weighted by molar-refractivity contribution is -0.148. The highest BCUT2D eigenvalue weighted by Crippen LogP contribution is 2.66. The lowest BCUT2D eigenvalue weighted by Crippen LogP contribution is -2.54. The highest BCUT2D eigenvalue weighted by molar-refractivity contribution is 5.90. The maximum Gasteiger partial charge on any atom is 0.317 e. The van der Waals surface area contributed by atoms with E-state index in [1.54, 1.807) is 6.07 Å². The topological polar surface area (TPSA) is 87.0 Å². The van der Waals surface area contributed by atoms with Crippen LogP contribution in [0.1, 0.15) is 75.7 Å². The zero-order chi connectivity index (χ0) is 18.3. The van der Waals surface area contributed by atoms with Crippen molar-refractivity contribution in [2.24, 2.45) is 11.3 Å². The number of carbonyl (C=O) groups excluding carboxylic acids is 1. The Hall–Kier alpha value is -1.75. The SMILES string of the molecule is CC(C)c1cc2c(c(O)c1O)C13CCCC(C)(C)[C@@H]1C(OC3=O)[C@H]2O. The van der Waals surface area contributed by atoms with Gasteiger partial charge in [-0.2, -0.15) is 0 Å². The quantitative estimate of drug-likeness (QED) is 0.537. The van der Waals surface area contributed by atoms with Gasteiger partial charge in [-0.05, 0) is 35.8 Å². The van der Waals surface area contributed by atoms with Crippen LogP contribution in [0.3, 0.4) is 0 Å². The number of benzene rings is 1. The van der Waals surface area contributed by atoms with E-state index in [0.717, 1.165) is 12.8 Å². The average Bonchev–Trinajstić information content (AvgIpc) is 2.79. The molecule has 0 spiro atoms. The Morgan fingerprint density at radius 1 is 1.20 bits per heavy atom. The van der Waals surface area contributed by atoms with Gasteiger partial charge in [0.05, 0.1) is 0 Å². The van der Waals surface area contributed by atoms with Gasteiger partial charge in [0.15, 0.2) is 11.5 Å². The number of ether oxygens (including phenoxy) is 1. The highest BCUT2D eigenvalue weighted by atomic mass is 16.6. The molecule has 4 atom stereocenters. The third-order valence-corrected chi connectivity index (χ3v) is 6.73. The predicted molar refractivity (Wildman–Crippen MR) is 91.5 cm³/mol. The third-order valence-electron chi connectivity index (χ3n) is 6.73. The van der Waals surface area contributed by atoms with Crippen molar-refractivity contribution in [2.45, 2.75) is 70.5 Å². The molecule has 5 heteroatoms. The number of phenols is 2. The molecule has 0 amide bonds. The van der Waals surface area contributed by atoms with Crippen molar-refractivity contribution in [1.82, 2.24) is 0 Å². The minimum Gasteiger partial charge on any atom is -0.504 e. The number of hydrogen-bond acceptors (Lipinski definition) is 5. The van der Waals surface area contributed by atoms with Gasteiger partial charge in [-0.3, -0.25) is 4.79 Å². The van der Waals surface area contributed by atoms with Crippen molar-refractivity contribution in [3.8, 4) is 11.5 Å². The van der Waals surface area contributed by atoms with Crippen LogP contribution in [0, 0.1) is 11.3 Å². The van der Waals surface area contributed by atoms with E-state index in [1.165, 1.54) is 0 Å². The van der Waals surface area contributed by atoms with E-state index in [2.05, 4.69) is 13.8 Å². The maximum atomic E-state index is 13.0. The summed E-state index contributed by atoms with van der Waals surface area (Å²) < 4.78 is 5.67. The number of aliphatic hydroxyl groups excluding tert-OH is 1. The molecule has 4 rings (SSSR count). The molecule has 3 aliphatic rings. The number of phenolic OH excluding ortho intramolecular Hbond substituents is 2. The van der Waals surface area contributed by atoms with Crippen LogP contribution < -0.4 is 0 Å². The van der Waals surface area contributed by atoms with Gasteiger partial charge < -0.3 is 20.1 Å². The zero-order valence-corrected chi connectivity index (χ0v) is 15.2. The molecule has 2 unspecified atom stereocenters. The lowest BCUT2D eigenvalue weighted by Gasteiger charge is -2.51. The summed E-state index contributed by atoms with van der Waals surface area (Å²) in [5.74, 6) is -1.05. The Kier molecular flexibility index (Phi) is 3.28. The van der Waals surface area contributed by atoms with E-state index in [4.69, 9.17) is 4.74 Å². The Morgan fingerprint density at radius 2 is 1.88 bits per heavy atom. The number of aliphatic hydroxyl groups is 1. The van der Waals surface area contributed by atoms with Crippen molar-refractivity contribution in [2.75, 3.05) is 0 Å².